The Hall–Kier alpha value is -4.65. The molecule has 1 aliphatic heterocycles. The van der Waals surface area contributed by atoms with E-state index in [1.54, 1.807) is 48.5 Å². The Bertz CT molecular complexity index is 1360. The van der Waals surface area contributed by atoms with E-state index in [2.05, 4.69) is 20.1 Å². The molecule has 7 heteroatoms. The van der Waals surface area contributed by atoms with Gasteiger partial charge in [-0.1, -0.05) is 63.6 Å². The molecule has 1 fully saturated rings. The summed E-state index contributed by atoms with van der Waals surface area (Å²) in [5.74, 6) is 0.0471. The second-order valence-electron chi connectivity index (χ2n) is 9.84. The van der Waals surface area contributed by atoms with E-state index in [9.17, 15) is 14.4 Å². The molecular weight excluding hydrogens is 520 g/mol. The number of carbonyl (C=O) groups is 3. The number of hydrogen-bond acceptors (Lipinski definition) is 7. The molecule has 2 unspecified atom stereocenters. The molecule has 0 aromatic heterocycles. The van der Waals surface area contributed by atoms with Crippen LogP contribution in [0.15, 0.2) is 97.6 Å². The molecule has 1 saturated heterocycles. The van der Waals surface area contributed by atoms with Crippen LogP contribution in [0.1, 0.15) is 55.8 Å². The van der Waals surface area contributed by atoms with Crippen LogP contribution in [-0.4, -0.2) is 30.1 Å². The van der Waals surface area contributed by atoms with Gasteiger partial charge in [-0.05, 0) is 72.5 Å². The third kappa shape index (κ3) is 8.18. The van der Waals surface area contributed by atoms with E-state index >= 15 is 0 Å². The third-order valence-corrected chi connectivity index (χ3v) is 6.77. The topological polar surface area (TPSA) is 88.1 Å². The zero-order valence-corrected chi connectivity index (χ0v) is 23.2. The minimum absolute atomic E-state index is 0.287. The Kier molecular flexibility index (Phi) is 10.1. The van der Waals surface area contributed by atoms with Gasteiger partial charge in [-0.2, -0.15) is 0 Å². The lowest BCUT2D eigenvalue weighted by molar-refractivity contribution is -0.142. The summed E-state index contributed by atoms with van der Waals surface area (Å²) in [7, 11) is 0. The molecule has 0 N–H and O–H groups in total. The summed E-state index contributed by atoms with van der Waals surface area (Å²) in [6, 6.07) is 20.9. The monoisotopic (exact) mass is 554 g/mol. The highest BCUT2D eigenvalue weighted by atomic mass is 16.6. The van der Waals surface area contributed by atoms with Crippen LogP contribution >= 0.6 is 0 Å². The lowest BCUT2D eigenvalue weighted by atomic mass is 10.0. The molecule has 0 aliphatic carbocycles. The highest BCUT2D eigenvalue weighted by molar-refractivity contribution is 5.91. The van der Waals surface area contributed by atoms with Crippen molar-refractivity contribution in [1.29, 1.82) is 0 Å². The Balaban J connectivity index is 1.34. The van der Waals surface area contributed by atoms with Gasteiger partial charge < -0.3 is 18.9 Å². The third-order valence-electron chi connectivity index (χ3n) is 6.77. The number of cyclic esters (lactones) is 1. The Labute approximate surface area is 240 Å². The first-order chi connectivity index (χ1) is 19.9. The predicted octanol–water partition coefficient (Wildman–Crippen LogP) is 7.25. The first-order valence-electron chi connectivity index (χ1n) is 13.8. The Morgan fingerprint density at radius 3 is 2.00 bits per heavy atom. The van der Waals surface area contributed by atoms with Crippen molar-refractivity contribution < 1.29 is 33.3 Å². The molecule has 0 bridgehead atoms. The van der Waals surface area contributed by atoms with Crippen LogP contribution in [0.3, 0.4) is 0 Å². The van der Waals surface area contributed by atoms with Crippen LogP contribution in [0.2, 0.25) is 0 Å². The van der Waals surface area contributed by atoms with Crippen molar-refractivity contribution in [2.24, 2.45) is 0 Å². The van der Waals surface area contributed by atoms with Crippen molar-refractivity contribution >= 4 is 17.9 Å². The molecule has 0 radical (unpaired) electrons. The molecule has 0 saturated carbocycles. The van der Waals surface area contributed by atoms with E-state index in [1.807, 2.05) is 24.3 Å². The zero-order chi connectivity index (χ0) is 29.2. The van der Waals surface area contributed by atoms with E-state index < -0.39 is 11.9 Å². The molecule has 2 atom stereocenters. The fraction of sp³-hybridized carbons (Fsp3) is 0.265. The van der Waals surface area contributed by atoms with Gasteiger partial charge in [0.05, 0.1) is 5.56 Å². The summed E-state index contributed by atoms with van der Waals surface area (Å²) in [4.78, 5) is 36.0. The number of benzene rings is 3. The van der Waals surface area contributed by atoms with Gasteiger partial charge in [-0.15, -0.1) is 0 Å². The summed E-state index contributed by atoms with van der Waals surface area (Å²) in [5.41, 5.74) is 2.67. The van der Waals surface area contributed by atoms with E-state index in [0.717, 1.165) is 49.3 Å². The fourth-order valence-electron chi connectivity index (χ4n) is 4.49. The summed E-state index contributed by atoms with van der Waals surface area (Å²) in [6.45, 7) is 9.33. The minimum Gasteiger partial charge on any atom is -0.487 e. The molecule has 7 nitrogen and oxygen atoms in total. The van der Waals surface area contributed by atoms with Crippen LogP contribution in [0.4, 0.5) is 0 Å². The molecule has 1 heterocycles. The van der Waals surface area contributed by atoms with Crippen molar-refractivity contribution in [2.75, 3.05) is 0 Å². The van der Waals surface area contributed by atoms with Crippen LogP contribution in [0.25, 0.3) is 11.1 Å². The lowest BCUT2D eigenvalue weighted by Gasteiger charge is -2.24. The van der Waals surface area contributed by atoms with Crippen molar-refractivity contribution in [1.82, 2.24) is 0 Å². The van der Waals surface area contributed by atoms with Crippen molar-refractivity contribution in [3.8, 4) is 28.4 Å². The van der Waals surface area contributed by atoms with Crippen LogP contribution in [0, 0.1) is 0 Å². The second-order valence-corrected chi connectivity index (χ2v) is 9.84. The van der Waals surface area contributed by atoms with E-state index in [1.165, 1.54) is 0 Å². The first-order valence-corrected chi connectivity index (χ1v) is 13.8. The van der Waals surface area contributed by atoms with E-state index in [4.69, 9.17) is 18.9 Å². The van der Waals surface area contributed by atoms with Gasteiger partial charge in [0.1, 0.15) is 29.5 Å². The van der Waals surface area contributed by atoms with Gasteiger partial charge in [0.15, 0.2) is 0 Å². The molecule has 212 valence electrons. The summed E-state index contributed by atoms with van der Waals surface area (Å²) in [6.07, 6.45) is 6.01. The number of ether oxygens (including phenoxy) is 4. The molecule has 0 spiro atoms. The largest absolute Gasteiger partial charge is 0.487 e. The predicted molar refractivity (Wildman–Crippen MR) is 156 cm³/mol. The van der Waals surface area contributed by atoms with Crippen LogP contribution in [-0.2, 0) is 14.3 Å². The summed E-state index contributed by atoms with van der Waals surface area (Å²) < 4.78 is 22.4. The van der Waals surface area contributed by atoms with Crippen LogP contribution in [0.5, 0.6) is 17.2 Å². The average molecular weight is 555 g/mol. The van der Waals surface area contributed by atoms with Gasteiger partial charge >= 0.3 is 17.9 Å². The smallest absolute Gasteiger partial charge is 0.343 e. The summed E-state index contributed by atoms with van der Waals surface area (Å²) >= 11 is 0. The molecule has 3 aromatic carbocycles. The molecule has 0 amide bonds. The number of carbonyl (C=O) groups excluding carboxylic acids is 3. The zero-order valence-electron chi connectivity index (χ0n) is 23.2. The number of hydrogen-bond donors (Lipinski definition) is 0. The molecule has 1 aliphatic rings. The highest BCUT2D eigenvalue weighted by Crippen LogP contribution is 2.29. The number of unbranched alkanes of at least 4 members (excludes halogenated alkanes) is 3. The van der Waals surface area contributed by atoms with Gasteiger partial charge in [-0.25, -0.2) is 14.4 Å². The van der Waals surface area contributed by atoms with Gasteiger partial charge in [0.25, 0.3) is 0 Å². The van der Waals surface area contributed by atoms with Gasteiger partial charge in [-0.3, -0.25) is 0 Å². The fourth-order valence-corrected chi connectivity index (χ4v) is 4.49. The quantitative estimate of drug-likeness (QED) is 0.0951. The Morgan fingerprint density at radius 1 is 0.878 bits per heavy atom. The molecule has 3 aromatic rings. The maximum Gasteiger partial charge on any atom is 0.343 e. The summed E-state index contributed by atoms with van der Waals surface area (Å²) in [5, 5.41) is 0. The molecule has 41 heavy (non-hydrogen) atoms. The lowest BCUT2D eigenvalue weighted by Crippen LogP contribution is -2.31. The Morgan fingerprint density at radius 2 is 1.46 bits per heavy atom. The van der Waals surface area contributed by atoms with Crippen LogP contribution < -0.4 is 14.2 Å². The first kappa shape index (κ1) is 29.3. The number of rotatable bonds is 13. The second kappa shape index (κ2) is 14.1. The normalized spacial score (nSPS) is 15.1. The highest BCUT2D eigenvalue weighted by Gasteiger charge is 2.35. The van der Waals surface area contributed by atoms with Crippen molar-refractivity contribution in [3.63, 3.8) is 0 Å². The van der Waals surface area contributed by atoms with Gasteiger partial charge in [0, 0.05) is 18.1 Å². The van der Waals surface area contributed by atoms with Crippen molar-refractivity contribution in [3.05, 3.63) is 103 Å². The SMILES string of the molecule is C=CC(=O)Oc1ccc(-c2ccc(OC(=O)c3ccc(OC(CCCCCC)C4CC(=C)C(=O)O4)cc3)cc2)cc1. The minimum atomic E-state index is -0.518. The van der Waals surface area contributed by atoms with E-state index in [0.29, 0.717) is 34.8 Å². The van der Waals surface area contributed by atoms with Gasteiger partial charge in [0.2, 0.25) is 0 Å². The molecular formula is C34H34O7. The standard InChI is InChI=1S/C34H34O7/c1-4-6-7-8-9-30(31-22-23(3)33(36)41-31)38-27-20-14-26(15-21-27)34(37)40-29-18-12-25(13-19-29)24-10-16-28(17-11-24)39-32(35)5-2/h5,10-21,30-31H,2-4,6-9,22H2,1H3. The van der Waals surface area contributed by atoms with Crippen molar-refractivity contribution in [2.45, 2.75) is 57.7 Å². The average Bonchev–Trinajstić information content (AvgIpc) is 3.33. The molecule has 4 rings (SSSR count). The maximum atomic E-state index is 12.8. The number of esters is 3. The van der Waals surface area contributed by atoms with E-state index in [-0.39, 0.29) is 18.2 Å². The maximum absolute atomic E-state index is 12.8.